The lowest BCUT2D eigenvalue weighted by atomic mass is 9.70. The van der Waals surface area contributed by atoms with Gasteiger partial charge in [-0.1, -0.05) is 32.9 Å². The van der Waals surface area contributed by atoms with Crippen molar-refractivity contribution in [2.45, 2.75) is 70.4 Å². The Hall–Kier alpha value is -6.33. The van der Waals surface area contributed by atoms with E-state index >= 15 is 0 Å². The van der Waals surface area contributed by atoms with Crippen molar-refractivity contribution in [3.63, 3.8) is 0 Å². The van der Waals surface area contributed by atoms with E-state index in [0.717, 1.165) is 83.6 Å². The number of fused-ring (bicyclic) bond motifs is 5. The first-order valence-corrected chi connectivity index (χ1v) is 20.4. The van der Waals surface area contributed by atoms with Gasteiger partial charge >= 0.3 is 0 Å². The van der Waals surface area contributed by atoms with Crippen LogP contribution in [-0.4, -0.2) is 113 Å². The second-order valence-electron chi connectivity index (χ2n) is 16.6. The van der Waals surface area contributed by atoms with Crippen molar-refractivity contribution in [1.82, 2.24) is 25.0 Å². The zero-order chi connectivity index (χ0) is 41.3. The summed E-state index contributed by atoms with van der Waals surface area (Å²) in [5, 5.41) is 3.05. The number of carbonyl (C=O) groups excluding carboxylic acids is 6. The Morgan fingerprint density at radius 3 is 2.34 bits per heavy atom. The van der Waals surface area contributed by atoms with Crippen molar-refractivity contribution >= 4 is 57.6 Å². The number of aryl methyl sites for hydroxylation is 1. The molecule has 0 spiro atoms. The van der Waals surface area contributed by atoms with E-state index in [4.69, 9.17) is 11.3 Å². The second-order valence-corrected chi connectivity index (χ2v) is 16.6. The number of benzene rings is 3. The van der Waals surface area contributed by atoms with E-state index in [0.29, 0.717) is 30.4 Å². The summed E-state index contributed by atoms with van der Waals surface area (Å²) in [4.78, 5) is 92.3. The number of piperazine rings is 1. The van der Waals surface area contributed by atoms with Crippen LogP contribution in [0.4, 0.5) is 11.4 Å². The minimum Gasteiger partial charge on any atom is -0.484 e. The Labute approximate surface area is 341 Å². The Morgan fingerprint density at radius 1 is 0.881 bits per heavy atom. The van der Waals surface area contributed by atoms with E-state index in [1.807, 2.05) is 12.1 Å². The summed E-state index contributed by atoms with van der Waals surface area (Å²) in [5.41, 5.74) is 6.86. The molecule has 1 aromatic heterocycles. The van der Waals surface area contributed by atoms with Crippen molar-refractivity contribution in [2.75, 3.05) is 50.8 Å². The number of nitrogens with zero attached hydrogens (tertiary/aromatic N) is 5. The van der Waals surface area contributed by atoms with Crippen LogP contribution in [0.2, 0.25) is 0 Å². The Bertz CT molecular complexity index is 2530. The van der Waals surface area contributed by atoms with Crippen LogP contribution in [0.5, 0.6) is 5.75 Å². The van der Waals surface area contributed by atoms with Gasteiger partial charge in [0.2, 0.25) is 11.8 Å². The molecule has 0 bridgehead atoms. The number of carbonyl (C=O) groups is 6. The number of anilines is 1. The molecule has 1 aliphatic carbocycles. The minimum atomic E-state index is -1.06. The molecule has 14 nitrogen and oxygen atoms in total. The number of nitrogens with one attached hydrogen (secondary N) is 2. The first kappa shape index (κ1) is 38.2. The van der Waals surface area contributed by atoms with Crippen LogP contribution in [-0.2, 0) is 26.2 Å². The summed E-state index contributed by atoms with van der Waals surface area (Å²) in [6, 6.07) is 13.6. The zero-order valence-electron chi connectivity index (χ0n) is 33.4. The van der Waals surface area contributed by atoms with Crippen molar-refractivity contribution in [2.24, 2.45) is 0 Å². The van der Waals surface area contributed by atoms with Crippen LogP contribution in [0.1, 0.15) is 99.9 Å². The lowest BCUT2D eigenvalue weighted by Crippen LogP contribution is -2.55. The summed E-state index contributed by atoms with van der Waals surface area (Å²) in [5.74, 6) is -2.21. The fourth-order valence-electron chi connectivity index (χ4n) is 9.73. The lowest BCUT2D eigenvalue weighted by molar-refractivity contribution is -0.137. The van der Waals surface area contributed by atoms with E-state index in [-0.39, 0.29) is 48.0 Å². The van der Waals surface area contributed by atoms with Crippen LogP contribution in [0.25, 0.3) is 15.7 Å². The average molecular weight is 796 g/mol. The highest BCUT2D eigenvalue weighted by molar-refractivity contribution is 6.24. The first-order chi connectivity index (χ1) is 28.4. The molecule has 2 N–H and O–H groups in total. The highest BCUT2D eigenvalue weighted by Crippen LogP contribution is 2.46. The number of aromatic nitrogens is 1. The van der Waals surface area contributed by atoms with E-state index < -0.39 is 35.1 Å². The molecule has 3 fully saturated rings. The number of ketones is 1. The van der Waals surface area contributed by atoms with Crippen LogP contribution >= 0.6 is 0 Å². The van der Waals surface area contributed by atoms with E-state index in [1.165, 1.54) is 23.9 Å². The summed E-state index contributed by atoms with van der Waals surface area (Å²) >= 11 is 0. The molecule has 59 heavy (non-hydrogen) atoms. The molecule has 5 amide bonds. The summed E-state index contributed by atoms with van der Waals surface area (Å²) in [6.45, 7) is 18.1. The van der Waals surface area contributed by atoms with Crippen molar-refractivity contribution < 1.29 is 33.5 Å². The van der Waals surface area contributed by atoms with Gasteiger partial charge in [0.15, 0.2) is 18.1 Å². The number of amides is 5. The van der Waals surface area contributed by atoms with Gasteiger partial charge in [-0.2, -0.15) is 0 Å². The smallest absolute Gasteiger partial charge is 0.262 e. The lowest BCUT2D eigenvalue weighted by Gasteiger charge is -2.44. The minimum absolute atomic E-state index is 0.0257. The number of rotatable bonds is 7. The van der Waals surface area contributed by atoms with Gasteiger partial charge in [-0.05, 0) is 73.2 Å². The SMILES string of the molecule is [C-]#[N+]c1ccc2c3c([nH]c2c1)C(C)(C)c1cc(N2CCC(N4CCN(C(=O)COc5ccc6c(c5)C(=O)N(C5CCC(=O)NC5=O)C6=O)CC4)CC2)c(CC)cc1C3=O. The predicted molar refractivity (Wildman–Crippen MR) is 218 cm³/mol. The third kappa shape index (κ3) is 6.35. The van der Waals surface area contributed by atoms with Crippen LogP contribution in [0.3, 0.4) is 0 Å². The fraction of sp³-hybridized carbons (Fsp3) is 0.400. The van der Waals surface area contributed by atoms with Gasteiger partial charge in [0, 0.05) is 85.0 Å². The molecule has 0 radical (unpaired) electrons. The summed E-state index contributed by atoms with van der Waals surface area (Å²) in [7, 11) is 0. The first-order valence-electron chi connectivity index (χ1n) is 20.4. The molecular formula is C45H45N7O7. The van der Waals surface area contributed by atoms with Gasteiger partial charge in [-0.25, -0.2) is 4.85 Å². The Balaban J connectivity index is 0.801. The molecule has 9 rings (SSSR count). The number of aromatic amines is 1. The van der Waals surface area contributed by atoms with Gasteiger partial charge in [0.25, 0.3) is 17.7 Å². The molecule has 1 atom stereocenters. The van der Waals surface area contributed by atoms with Crippen molar-refractivity contribution in [3.8, 4) is 5.75 Å². The van der Waals surface area contributed by atoms with Crippen LogP contribution in [0, 0.1) is 6.57 Å². The molecule has 1 unspecified atom stereocenters. The monoisotopic (exact) mass is 795 g/mol. The number of hydrogen-bond donors (Lipinski definition) is 2. The normalized spacial score (nSPS) is 20.7. The third-order valence-electron chi connectivity index (χ3n) is 13.0. The highest BCUT2D eigenvalue weighted by atomic mass is 16.5. The molecule has 4 aromatic rings. The van der Waals surface area contributed by atoms with Gasteiger partial charge in [-0.15, -0.1) is 0 Å². The Kier molecular flexibility index (Phi) is 9.38. The predicted octanol–water partition coefficient (Wildman–Crippen LogP) is 4.74. The number of piperidine rings is 2. The maximum atomic E-state index is 14.1. The van der Waals surface area contributed by atoms with E-state index in [1.54, 1.807) is 11.0 Å². The van der Waals surface area contributed by atoms with Gasteiger partial charge in [0.1, 0.15) is 11.8 Å². The van der Waals surface area contributed by atoms with E-state index in [2.05, 4.69) is 57.8 Å². The molecule has 302 valence electrons. The molecule has 0 saturated carbocycles. The third-order valence-corrected chi connectivity index (χ3v) is 13.0. The molecule has 3 aromatic carbocycles. The highest BCUT2D eigenvalue weighted by Gasteiger charge is 2.45. The van der Waals surface area contributed by atoms with Crippen molar-refractivity contribution in [3.05, 3.63) is 99.0 Å². The molecule has 4 aliphatic heterocycles. The fourth-order valence-corrected chi connectivity index (χ4v) is 9.73. The van der Waals surface area contributed by atoms with Crippen molar-refractivity contribution in [1.29, 1.82) is 0 Å². The number of H-pyrrole nitrogens is 1. The van der Waals surface area contributed by atoms with Gasteiger partial charge in [0.05, 0.1) is 23.3 Å². The van der Waals surface area contributed by atoms with E-state index in [9.17, 15) is 28.8 Å². The maximum Gasteiger partial charge on any atom is 0.262 e. The number of ether oxygens (including phenoxy) is 1. The second kappa shape index (κ2) is 14.5. The molecule has 3 saturated heterocycles. The topological polar surface area (TPSA) is 157 Å². The number of imide groups is 2. The molecular weight excluding hydrogens is 751 g/mol. The summed E-state index contributed by atoms with van der Waals surface area (Å²) < 4.78 is 5.81. The molecule has 5 heterocycles. The largest absolute Gasteiger partial charge is 0.484 e. The quantitative estimate of drug-likeness (QED) is 0.199. The van der Waals surface area contributed by atoms with Crippen LogP contribution < -0.4 is 15.0 Å². The van der Waals surface area contributed by atoms with Crippen LogP contribution in [0.15, 0.2) is 48.5 Å². The summed E-state index contributed by atoms with van der Waals surface area (Å²) in [6.07, 6.45) is 2.88. The average Bonchev–Trinajstić information content (AvgIpc) is 3.76. The standard InChI is InChI=1S/C45H45N7O7/c1-5-25-20-32-33(45(2,3)41-39(40(32)55)30-8-6-26(46-4)21-34(30)47-41)23-36(25)50-14-12-27(13-15-50)49-16-18-51(19-17-49)38(54)24-59-28-7-9-29-31(22-28)44(58)52(43(29)57)35-10-11-37(53)48-42(35)56/h6-9,20-23,27,35,47H,5,10-19,24H2,1-3H3,(H,48,53,56). The number of hydrogen-bond acceptors (Lipinski definition) is 9. The molecule has 5 aliphatic rings. The zero-order valence-corrected chi connectivity index (χ0v) is 33.4. The maximum absolute atomic E-state index is 14.1. The van der Waals surface area contributed by atoms with Gasteiger partial charge < -0.3 is 19.5 Å². The Morgan fingerprint density at radius 2 is 1.63 bits per heavy atom. The molecule has 14 heteroatoms. The van der Waals surface area contributed by atoms with Gasteiger partial charge in [-0.3, -0.25) is 43.9 Å².